The van der Waals surface area contributed by atoms with Crippen molar-refractivity contribution in [3.63, 3.8) is 0 Å². The first kappa shape index (κ1) is 40.4. The van der Waals surface area contributed by atoms with E-state index in [1.54, 1.807) is 19.9 Å². The highest BCUT2D eigenvalue weighted by Gasteiger charge is 2.41. The van der Waals surface area contributed by atoms with Gasteiger partial charge >= 0.3 is 12.1 Å². The normalized spacial score (nSPS) is 14.5. The maximum Gasteiger partial charge on any atom is 0.421 e. The first-order valence-electron chi connectivity index (χ1n) is 17.0. The summed E-state index contributed by atoms with van der Waals surface area (Å²) in [5, 5.41) is 12.8. The summed E-state index contributed by atoms with van der Waals surface area (Å²) in [5.41, 5.74) is 1.57. The van der Waals surface area contributed by atoms with Crippen LogP contribution in [-0.2, 0) is 22.7 Å². The standard InChI is InChI=1S/C37H39F3N6O6S.ClH/c1-20(2)32-30(37(38,39)40)31-33(52-32)42-18-25(43-31)17-41-24(16-36(5)12-13-36)19-51-28-15-27(29-21(3)8-6-9-22(29)4)44-35(45-28)46-53(49,50)26-11-7-10-23(14-26)34(47)48;/h6-11,14-15,18,20,24,41H,12-13,16-17,19H2,1-5H3,(H,47,48)(H,44,45,46);1H/t24-;/m1./s1. The summed E-state index contributed by atoms with van der Waals surface area (Å²) in [7, 11) is -4.32. The number of hydrogen-bond acceptors (Lipinski definition) is 10. The third-order valence-electron chi connectivity index (χ3n) is 9.19. The minimum Gasteiger partial charge on any atom is -0.478 e. The third kappa shape index (κ3) is 9.10. The predicted octanol–water partition coefficient (Wildman–Crippen LogP) is 8.09. The fourth-order valence-corrected chi connectivity index (χ4v) is 7.18. The highest BCUT2D eigenvalue weighted by molar-refractivity contribution is 7.92. The van der Waals surface area contributed by atoms with Crippen molar-refractivity contribution in [1.82, 2.24) is 25.3 Å². The van der Waals surface area contributed by atoms with Crippen LogP contribution >= 0.6 is 12.4 Å². The van der Waals surface area contributed by atoms with E-state index in [9.17, 15) is 31.5 Å². The summed E-state index contributed by atoms with van der Waals surface area (Å²) in [6, 6.07) is 11.9. The molecule has 3 N–H and O–H groups in total. The largest absolute Gasteiger partial charge is 0.478 e. The van der Waals surface area contributed by atoms with Gasteiger partial charge in [-0.3, -0.25) is 0 Å². The number of carbonyl (C=O) groups is 1. The van der Waals surface area contributed by atoms with E-state index >= 15 is 0 Å². The van der Waals surface area contributed by atoms with Gasteiger partial charge in [-0.25, -0.2) is 32.9 Å². The zero-order valence-electron chi connectivity index (χ0n) is 30.1. The fourth-order valence-electron chi connectivity index (χ4n) is 6.19. The Morgan fingerprint density at radius 1 is 1.06 bits per heavy atom. The van der Waals surface area contributed by atoms with Crippen molar-refractivity contribution >= 4 is 45.6 Å². The Morgan fingerprint density at radius 3 is 2.37 bits per heavy atom. The highest BCUT2D eigenvalue weighted by Crippen LogP contribution is 2.49. The molecule has 1 aliphatic rings. The summed E-state index contributed by atoms with van der Waals surface area (Å²) in [4.78, 5) is 28.5. The smallest absolute Gasteiger partial charge is 0.421 e. The molecule has 6 rings (SSSR count). The Balaban J connectivity index is 0.00000561. The van der Waals surface area contributed by atoms with Crippen LogP contribution in [0.2, 0.25) is 0 Å². The Morgan fingerprint density at radius 2 is 1.74 bits per heavy atom. The van der Waals surface area contributed by atoms with Crippen molar-refractivity contribution < 1.29 is 40.6 Å². The summed E-state index contributed by atoms with van der Waals surface area (Å²) in [5.74, 6) is -2.25. The number of carboxylic acid groups (broad SMARTS) is 1. The molecule has 0 amide bonds. The van der Waals surface area contributed by atoms with E-state index in [4.69, 9.17) is 9.15 Å². The van der Waals surface area contributed by atoms with Crippen molar-refractivity contribution in [1.29, 1.82) is 0 Å². The quantitative estimate of drug-likeness (QED) is 0.0994. The first-order chi connectivity index (χ1) is 24.9. The monoisotopic (exact) mass is 788 g/mol. The summed E-state index contributed by atoms with van der Waals surface area (Å²) in [6.07, 6.45) is -0.624. The number of sulfonamides is 1. The van der Waals surface area contributed by atoms with Crippen LogP contribution in [0.15, 0.2) is 64.0 Å². The van der Waals surface area contributed by atoms with Crippen molar-refractivity contribution in [2.24, 2.45) is 5.41 Å². The topological polar surface area (TPSA) is 169 Å². The molecular formula is C37H40ClF3N6O6S. The van der Waals surface area contributed by atoms with E-state index in [0.29, 0.717) is 12.1 Å². The molecule has 3 heterocycles. The van der Waals surface area contributed by atoms with Crippen LogP contribution < -0.4 is 14.8 Å². The van der Waals surface area contributed by atoms with Crippen molar-refractivity contribution in [2.45, 2.75) is 83.5 Å². The number of aryl methyl sites for hydroxylation is 2. The number of anilines is 1. The molecule has 0 bridgehead atoms. The Kier molecular flexibility index (Phi) is 11.6. The van der Waals surface area contributed by atoms with Crippen molar-refractivity contribution in [3.05, 3.63) is 88.4 Å². The second-order valence-electron chi connectivity index (χ2n) is 14.0. The lowest BCUT2D eigenvalue weighted by Crippen LogP contribution is -2.36. The third-order valence-corrected chi connectivity index (χ3v) is 10.5. The number of ether oxygens (including phenoxy) is 1. The van der Waals surface area contributed by atoms with Crippen LogP contribution in [0.3, 0.4) is 0 Å². The average molecular weight is 789 g/mol. The number of carboxylic acids is 1. The molecule has 0 aliphatic heterocycles. The molecule has 0 radical (unpaired) electrons. The van der Waals surface area contributed by atoms with E-state index in [1.807, 2.05) is 32.0 Å². The fraction of sp³-hybridized carbons (Fsp3) is 0.378. The number of nitrogens with one attached hydrogen (secondary N) is 2. The van der Waals surface area contributed by atoms with Gasteiger partial charge in [0.2, 0.25) is 17.5 Å². The Bertz CT molecular complexity index is 2280. The van der Waals surface area contributed by atoms with Crippen molar-refractivity contribution in [2.75, 3.05) is 11.3 Å². The number of benzene rings is 2. The number of nitrogens with zero attached hydrogens (tertiary/aromatic N) is 4. The van der Waals surface area contributed by atoms with Gasteiger partial charge in [0.1, 0.15) is 23.4 Å². The number of hydrogen-bond donors (Lipinski definition) is 3. The number of aromatic carboxylic acids is 1. The predicted molar refractivity (Wildman–Crippen MR) is 197 cm³/mol. The molecule has 1 saturated carbocycles. The van der Waals surface area contributed by atoms with Crippen LogP contribution in [0.5, 0.6) is 5.88 Å². The molecule has 5 aromatic rings. The number of furan rings is 1. The van der Waals surface area contributed by atoms with Crippen molar-refractivity contribution in [3.8, 4) is 17.1 Å². The second-order valence-corrected chi connectivity index (χ2v) is 15.7. The highest BCUT2D eigenvalue weighted by atomic mass is 35.5. The molecular weight excluding hydrogens is 749 g/mol. The Labute approximate surface area is 316 Å². The number of rotatable bonds is 14. The van der Waals surface area contributed by atoms with Gasteiger partial charge in [-0.05, 0) is 67.9 Å². The SMILES string of the molecule is Cc1cccc(C)c1-c1cc(OC[C@@H](CC2(C)CC2)NCc2cnc3oc(C(C)C)c(C(F)(F)F)c3n2)nc(NS(=O)(=O)c2cccc(C(=O)O)c2)n1.Cl. The van der Waals surface area contributed by atoms with Crippen LogP contribution in [-0.4, -0.2) is 52.1 Å². The molecule has 1 fully saturated rings. The van der Waals surface area contributed by atoms with Gasteiger partial charge in [-0.15, -0.1) is 12.4 Å². The lowest BCUT2D eigenvalue weighted by Gasteiger charge is -2.22. The van der Waals surface area contributed by atoms with Gasteiger partial charge in [-0.1, -0.05) is 45.0 Å². The molecule has 0 saturated heterocycles. The molecule has 0 unspecified atom stereocenters. The van der Waals surface area contributed by atoms with Crippen LogP contribution in [0, 0.1) is 19.3 Å². The molecule has 1 atom stereocenters. The van der Waals surface area contributed by atoms with Crippen LogP contribution in [0.25, 0.3) is 22.5 Å². The molecule has 1 aliphatic carbocycles. The summed E-state index contributed by atoms with van der Waals surface area (Å²) in [6.45, 7) is 9.31. The van der Waals surface area contributed by atoms with Gasteiger partial charge in [0, 0.05) is 30.1 Å². The average Bonchev–Trinajstić information content (AvgIpc) is 3.67. The zero-order chi connectivity index (χ0) is 38.3. The molecule has 12 nitrogen and oxygen atoms in total. The molecule has 2 aromatic carbocycles. The minimum atomic E-state index is -4.68. The zero-order valence-corrected chi connectivity index (χ0v) is 31.7. The second kappa shape index (κ2) is 15.5. The molecule has 288 valence electrons. The van der Waals surface area contributed by atoms with E-state index in [1.165, 1.54) is 24.4 Å². The number of halogens is 4. The van der Waals surface area contributed by atoms with Gasteiger partial charge in [0.05, 0.1) is 28.0 Å². The van der Waals surface area contributed by atoms with E-state index < -0.39 is 33.7 Å². The van der Waals surface area contributed by atoms with Gasteiger partial charge in [0.25, 0.3) is 10.0 Å². The number of alkyl halides is 3. The lowest BCUT2D eigenvalue weighted by molar-refractivity contribution is -0.137. The number of aromatic nitrogens is 4. The van der Waals surface area contributed by atoms with E-state index in [2.05, 4.69) is 36.9 Å². The van der Waals surface area contributed by atoms with E-state index in [0.717, 1.165) is 35.6 Å². The summed E-state index contributed by atoms with van der Waals surface area (Å²) < 4.78 is 83.1. The minimum absolute atomic E-state index is 0. The summed E-state index contributed by atoms with van der Waals surface area (Å²) >= 11 is 0. The maximum absolute atomic E-state index is 14.1. The number of fused-ring (bicyclic) bond motifs is 1. The van der Waals surface area contributed by atoms with E-state index in [-0.39, 0.29) is 82.0 Å². The molecule has 3 aromatic heterocycles. The van der Waals surface area contributed by atoms with Gasteiger partial charge < -0.3 is 19.6 Å². The molecule has 54 heavy (non-hydrogen) atoms. The van der Waals surface area contributed by atoms with Gasteiger partial charge in [0.15, 0.2) is 0 Å². The lowest BCUT2D eigenvalue weighted by atomic mass is 9.99. The maximum atomic E-state index is 14.1. The molecule has 0 spiro atoms. The molecule has 17 heteroatoms. The van der Waals surface area contributed by atoms with Crippen LogP contribution in [0.4, 0.5) is 19.1 Å². The Hall–Kier alpha value is -4.80. The van der Waals surface area contributed by atoms with Crippen LogP contribution in [0.1, 0.15) is 84.5 Å². The first-order valence-corrected chi connectivity index (χ1v) is 18.4. The van der Waals surface area contributed by atoms with Gasteiger partial charge in [-0.2, -0.15) is 18.2 Å².